The lowest BCUT2D eigenvalue weighted by atomic mass is 9.76. The van der Waals surface area contributed by atoms with Crippen LogP contribution in [0.5, 0.6) is 0 Å². The minimum atomic E-state index is -0.681. The van der Waals surface area contributed by atoms with Crippen LogP contribution >= 0.6 is 0 Å². The van der Waals surface area contributed by atoms with Gasteiger partial charge in [0.15, 0.2) is 5.82 Å². The van der Waals surface area contributed by atoms with Gasteiger partial charge in [-0.1, -0.05) is 6.07 Å². The van der Waals surface area contributed by atoms with Crippen molar-refractivity contribution >= 4 is 17.7 Å². The predicted molar refractivity (Wildman–Crippen MR) is 124 cm³/mol. The van der Waals surface area contributed by atoms with Gasteiger partial charge in [-0.05, 0) is 69.5 Å². The third-order valence-corrected chi connectivity index (χ3v) is 7.80. The molecule has 2 fully saturated rings. The maximum atomic E-state index is 13.5. The molecular weight excluding hydrogens is 436 g/mol. The number of fused-ring (bicyclic) bond motifs is 1. The van der Waals surface area contributed by atoms with Crippen LogP contribution in [0.25, 0.3) is 0 Å². The van der Waals surface area contributed by atoms with Crippen LogP contribution in [0.1, 0.15) is 59.3 Å². The van der Waals surface area contributed by atoms with Crippen molar-refractivity contribution in [3.8, 4) is 0 Å². The first-order valence-corrected chi connectivity index (χ1v) is 11.8. The Labute approximate surface area is 197 Å². The van der Waals surface area contributed by atoms with Crippen LogP contribution in [0, 0.1) is 12.3 Å². The molecule has 0 radical (unpaired) electrons. The molecule has 180 valence electrons. The number of aryl methyl sites for hydroxylation is 1. The van der Waals surface area contributed by atoms with Crippen molar-refractivity contribution < 1.29 is 19.4 Å². The Bertz CT molecular complexity index is 1210. The second-order valence-corrected chi connectivity index (χ2v) is 9.86. The first-order valence-electron chi connectivity index (χ1n) is 11.8. The number of amides is 1. The van der Waals surface area contributed by atoms with Crippen molar-refractivity contribution in [2.45, 2.75) is 51.9 Å². The first kappa shape index (κ1) is 22.7. The highest BCUT2D eigenvalue weighted by Crippen LogP contribution is 2.45. The highest BCUT2D eigenvalue weighted by atomic mass is 16.5. The number of likely N-dealkylation sites (tertiary alicyclic amines) is 1. The van der Waals surface area contributed by atoms with E-state index >= 15 is 0 Å². The Kier molecular flexibility index (Phi) is 5.56. The van der Waals surface area contributed by atoms with E-state index < -0.39 is 11.5 Å². The van der Waals surface area contributed by atoms with Crippen LogP contribution < -0.4 is 10.5 Å². The Hall–Kier alpha value is -3.04. The molecule has 4 heterocycles. The lowest BCUT2D eigenvalue weighted by Gasteiger charge is -2.38. The van der Waals surface area contributed by atoms with Gasteiger partial charge in [0.2, 0.25) is 5.91 Å². The molecule has 5 rings (SSSR count). The summed E-state index contributed by atoms with van der Waals surface area (Å²) in [6.45, 7) is 6.12. The summed E-state index contributed by atoms with van der Waals surface area (Å²) in [5.74, 6) is 0.284. The minimum Gasteiger partial charge on any atom is -0.457 e. The molecule has 1 amide bonds. The molecule has 9 nitrogen and oxygen atoms in total. The smallest absolute Gasteiger partial charge is 0.338 e. The lowest BCUT2D eigenvalue weighted by Crippen LogP contribution is -2.46. The van der Waals surface area contributed by atoms with Gasteiger partial charge >= 0.3 is 5.97 Å². The van der Waals surface area contributed by atoms with Crippen molar-refractivity contribution in [3.05, 3.63) is 56.9 Å². The average Bonchev–Trinajstić information content (AvgIpc) is 3.30. The number of ether oxygens (including phenoxy) is 1. The van der Waals surface area contributed by atoms with E-state index in [1.54, 1.807) is 24.1 Å². The lowest BCUT2D eigenvalue weighted by molar-refractivity contribution is -0.128. The van der Waals surface area contributed by atoms with E-state index in [1.807, 2.05) is 19.9 Å². The number of β-amino-alcohol motifs (C(OH)–C–C–N with tert-alkyl or cyclic N) is 1. The molecule has 2 saturated heterocycles. The average molecular weight is 467 g/mol. The number of piperidine rings is 1. The first-order chi connectivity index (χ1) is 16.2. The summed E-state index contributed by atoms with van der Waals surface area (Å²) in [4.78, 5) is 41.0. The van der Waals surface area contributed by atoms with E-state index in [-0.39, 0.29) is 30.1 Å². The number of carbonyl (C=O) groups is 2. The van der Waals surface area contributed by atoms with Gasteiger partial charge in [0, 0.05) is 31.3 Å². The molecule has 2 atom stereocenters. The van der Waals surface area contributed by atoms with Gasteiger partial charge in [0.05, 0.1) is 17.1 Å². The van der Waals surface area contributed by atoms with Crippen LogP contribution in [-0.2, 0) is 23.2 Å². The van der Waals surface area contributed by atoms with Crippen molar-refractivity contribution in [1.29, 1.82) is 0 Å². The largest absolute Gasteiger partial charge is 0.457 e. The molecule has 9 heteroatoms. The van der Waals surface area contributed by atoms with E-state index in [0.29, 0.717) is 17.9 Å². The number of esters is 1. The number of benzene rings is 1. The number of rotatable bonds is 4. The molecule has 0 bridgehead atoms. The fourth-order valence-electron chi connectivity index (χ4n) is 5.80. The monoisotopic (exact) mass is 466 g/mol. The van der Waals surface area contributed by atoms with Crippen LogP contribution in [0.3, 0.4) is 0 Å². The van der Waals surface area contributed by atoms with E-state index in [1.165, 1.54) is 10.7 Å². The van der Waals surface area contributed by atoms with Crippen LogP contribution in [0.2, 0.25) is 0 Å². The van der Waals surface area contributed by atoms with Gasteiger partial charge in [-0.3, -0.25) is 14.5 Å². The zero-order valence-corrected chi connectivity index (χ0v) is 19.8. The number of aliphatic hydroxyl groups excluding tert-OH is 1. The Morgan fingerprint density at radius 2 is 1.91 bits per heavy atom. The molecule has 0 aliphatic carbocycles. The number of anilines is 1. The Balaban J connectivity index is 1.26. The van der Waals surface area contributed by atoms with Gasteiger partial charge in [-0.15, -0.1) is 0 Å². The van der Waals surface area contributed by atoms with E-state index in [0.717, 1.165) is 49.0 Å². The van der Waals surface area contributed by atoms with Crippen LogP contribution in [0.15, 0.2) is 29.1 Å². The highest BCUT2D eigenvalue weighted by molar-refractivity contribution is 6.00. The molecule has 3 aliphatic rings. The molecule has 2 aromatic rings. The number of hydrogen-bond acceptors (Lipinski definition) is 7. The Morgan fingerprint density at radius 1 is 1.18 bits per heavy atom. The topological polar surface area (TPSA) is 105 Å². The Morgan fingerprint density at radius 3 is 2.62 bits per heavy atom. The summed E-state index contributed by atoms with van der Waals surface area (Å²) in [7, 11) is 1.59. The molecular formula is C25H30N4O5. The quantitative estimate of drug-likeness (QED) is 0.684. The van der Waals surface area contributed by atoms with E-state index in [2.05, 4.69) is 10.00 Å². The number of hydrogen-bond donors (Lipinski definition) is 1. The summed E-state index contributed by atoms with van der Waals surface area (Å²) in [6.07, 6.45) is 1.51. The zero-order valence-electron chi connectivity index (χ0n) is 19.8. The van der Waals surface area contributed by atoms with E-state index in [9.17, 15) is 19.5 Å². The molecule has 1 N–H and O–H groups in total. The normalized spacial score (nSPS) is 22.8. The number of nitrogens with zero attached hydrogens (tertiary/aromatic N) is 4. The second kappa shape index (κ2) is 8.32. The summed E-state index contributed by atoms with van der Waals surface area (Å²) in [5.41, 5.74) is 2.52. The molecule has 1 aromatic heterocycles. The summed E-state index contributed by atoms with van der Waals surface area (Å²) in [5, 5.41) is 15.3. The van der Waals surface area contributed by atoms with Crippen LogP contribution in [-0.4, -0.2) is 57.3 Å². The van der Waals surface area contributed by atoms with Crippen molar-refractivity contribution in [1.82, 2.24) is 14.7 Å². The van der Waals surface area contributed by atoms with Gasteiger partial charge in [0.1, 0.15) is 6.61 Å². The number of carbonyl (C=O) groups excluding carboxylic acids is 2. The molecule has 1 aromatic carbocycles. The molecule has 1 spiro atoms. The minimum absolute atomic E-state index is 0.00800. The fraction of sp³-hybridized carbons (Fsp3) is 0.520. The van der Waals surface area contributed by atoms with Crippen LogP contribution in [0.4, 0.5) is 5.82 Å². The summed E-state index contributed by atoms with van der Waals surface area (Å²) >= 11 is 0. The fourth-order valence-corrected chi connectivity index (χ4v) is 5.80. The van der Waals surface area contributed by atoms with Crippen molar-refractivity contribution in [3.63, 3.8) is 0 Å². The van der Waals surface area contributed by atoms with E-state index in [4.69, 9.17) is 4.74 Å². The number of aliphatic hydroxyl groups is 1. The van der Waals surface area contributed by atoms with Gasteiger partial charge in [-0.2, -0.15) is 5.10 Å². The molecule has 34 heavy (non-hydrogen) atoms. The molecule has 2 unspecified atom stereocenters. The standard InChI is InChI=1S/C25H30N4O5/c1-15-12-25(24(33)29(15)21-6-7-22(31)27(3)26-21)8-10-28(11-9-25)13-20(30)17-4-5-18-19(16(17)2)14-34-23(18)32/h4-7,15,20,30H,8-14H2,1-3H3. The van der Waals surface area contributed by atoms with Gasteiger partial charge in [-0.25, -0.2) is 9.48 Å². The number of aromatic nitrogens is 2. The third kappa shape index (κ3) is 3.63. The highest BCUT2D eigenvalue weighted by Gasteiger charge is 2.52. The van der Waals surface area contributed by atoms with Gasteiger partial charge in [0.25, 0.3) is 5.56 Å². The maximum absolute atomic E-state index is 13.5. The zero-order chi connectivity index (χ0) is 24.2. The number of cyclic esters (lactones) is 1. The molecule has 0 saturated carbocycles. The maximum Gasteiger partial charge on any atom is 0.338 e. The van der Waals surface area contributed by atoms with Gasteiger partial charge < -0.3 is 14.7 Å². The second-order valence-electron chi connectivity index (χ2n) is 9.86. The summed E-state index contributed by atoms with van der Waals surface area (Å²) in [6, 6.07) is 6.63. The predicted octanol–water partition coefficient (Wildman–Crippen LogP) is 1.70. The van der Waals surface area contributed by atoms with Crippen molar-refractivity contribution in [2.75, 3.05) is 24.5 Å². The third-order valence-electron chi connectivity index (χ3n) is 7.80. The molecule has 3 aliphatic heterocycles. The van der Waals surface area contributed by atoms with Crippen molar-refractivity contribution in [2.24, 2.45) is 12.5 Å². The summed E-state index contributed by atoms with van der Waals surface area (Å²) < 4.78 is 6.38. The SMILES string of the molecule is Cc1c(C(O)CN2CCC3(CC2)CC(C)N(c2ccc(=O)n(C)n2)C3=O)ccc2c1COC2=O.